The van der Waals surface area contributed by atoms with E-state index in [0.29, 0.717) is 17.9 Å². The van der Waals surface area contributed by atoms with Crippen LogP contribution >= 0.6 is 0 Å². The smallest absolute Gasteiger partial charge is 0.223 e. The molecule has 1 aromatic carbocycles. The van der Waals surface area contributed by atoms with Crippen LogP contribution in [0.4, 0.5) is 0 Å². The molecule has 1 saturated carbocycles. The summed E-state index contributed by atoms with van der Waals surface area (Å²) in [7, 11) is 0. The fourth-order valence-corrected chi connectivity index (χ4v) is 4.05. The molecule has 23 heavy (non-hydrogen) atoms. The molecule has 0 radical (unpaired) electrons. The monoisotopic (exact) mass is 314 g/mol. The Bertz CT molecular complexity index is 476. The van der Waals surface area contributed by atoms with Crippen LogP contribution in [-0.2, 0) is 11.2 Å². The summed E-state index contributed by atoms with van der Waals surface area (Å²) in [5, 5.41) is 3.38. The van der Waals surface area contributed by atoms with Gasteiger partial charge in [0.2, 0.25) is 5.91 Å². The van der Waals surface area contributed by atoms with Crippen LogP contribution < -0.4 is 5.32 Å². The standard InChI is InChI=1S/C20H30N2O/c23-20(15-18-11-13-21-16-18)22(19-9-5-2-6-10-19)14-12-17-7-3-1-4-8-17/h1,3-4,7-8,18-19,21H,2,5-6,9-16H2/t18-/m0/s1. The minimum absolute atomic E-state index is 0.390. The Hall–Kier alpha value is -1.35. The number of carbonyl (C=O) groups is 1. The van der Waals surface area contributed by atoms with Crippen LogP contribution in [0.5, 0.6) is 0 Å². The van der Waals surface area contributed by atoms with E-state index in [2.05, 4.69) is 40.5 Å². The number of rotatable bonds is 6. The van der Waals surface area contributed by atoms with Crippen LogP contribution in [0.2, 0.25) is 0 Å². The zero-order chi connectivity index (χ0) is 15.9. The Morgan fingerprint density at radius 3 is 2.57 bits per heavy atom. The molecular weight excluding hydrogens is 284 g/mol. The molecule has 1 N–H and O–H groups in total. The minimum Gasteiger partial charge on any atom is -0.339 e. The van der Waals surface area contributed by atoms with E-state index in [-0.39, 0.29) is 0 Å². The zero-order valence-electron chi connectivity index (χ0n) is 14.2. The number of carbonyl (C=O) groups excluding carboxylic acids is 1. The van der Waals surface area contributed by atoms with Crippen molar-refractivity contribution < 1.29 is 4.79 Å². The second kappa shape index (κ2) is 8.49. The van der Waals surface area contributed by atoms with Crippen molar-refractivity contribution in [2.24, 2.45) is 5.92 Å². The fraction of sp³-hybridized carbons (Fsp3) is 0.650. The molecule has 1 atom stereocenters. The quantitative estimate of drug-likeness (QED) is 0.873. The number of benzene rings is 1. The first kappa shape index (κ1) is 16.5. The third kappa shape index (κ3) is 4.81. The molecule has 3 nitrogen and oxygen atoms in total. The van der Waals surface area contributed by atoms with Crippen LogP contribution in [0.1, 0.15) is 50.5 Å². The average Bonchev–Trinajstić information content (AvgIpc) is 3.10. The molecule has 3 heteroatoms. The Kier molecular flexibility index (Phi) is 6.09. The van der Waals surface area contributed by atoms with E-state index in [1.165, 1.54) is 37.7 Å². The van der Waals surface area contributed by atoms with Gasteiger partial charge in [0, 0.05) is 19.0 Å². The van der Waals surface area contributed by atoms with Crippen LogP contribution in [0, 0.1) is 5.92 Å². The highest BCUT2D eigenvalue weighted by Gasteiger charge is 2.27. The first-order valence-electron chi connectivity index (χ1n) is 9.37. The van der Waals surface area contributed by atoms with Gasteiger partial charge >= 0.3 is 0 Å². The van der Waals surface area contributed by atoms with E-state index in [4.69, 9.17) is 0 Å². The first-order chi connectivity index (χ1) is 11.3. The molecule has 0 aromatic heterocycles. The van der Waals surface area contributed by atoms with E-state index < -0.39 is 0 Å². The van der Waals surface area contributed by atoms with Gasteiger partial charge in [-0.25, -0.2) is 0 Å². The fourth-order valence-electron chi connectivity index (χ4n) is 4.05. The SMILES string of the molecule is O=C(C[C@@H]1CCNC1)N(CCc1ccccc1)C1CCCCC1. The normalized spacial score (nSPS) is 22.2. The predicted octanol–water partition coefficient (Wildman–Crippen LogP) is 3.39. The average molecular weight is 314 g/mol. The van der Waals surface area contributed by atoms with Gasteiger partial charge in [-0.2, -0.15) is 0 Å². The molecule has 2 fully saturated rings. The zero-order valence-corrected chi connectivity index (χ0v) is 14.2. The van der Waals surface area contributed by atoms with Gasteiger partial charge in [0.25, 0.3) is 0 Å². The van der Waals surface area contributed by atoms with Crippen molar-refractivity contribution in [1.82, 2.24) is 10.2 Å². The molecule has 1 aliphatic carbocycles. The maximum absolute atomic E-state index is 12.9. The van der Waals surface area contributed by atoms with Crippen molar-refractivity contribution in [3.63, 3.8) is 0 Å². The van der Waals surface area contributed by atoms with Crippen molar-refractivity contribution >= 4 is 5.91 Å². The molecule has 0 unspecified atom stereocenters. The summed E-state index contributed by atoms with van der Waals surface area (Å²) < 4.78 is 0. The minimum atomic E-state index is 0.390. The topological polar surface area (TPSA) is 32.3 Å². The predicted molar refractivity (Wildman–Crippen MR) is 94.3 cm³/mol. The number of hydrogen-bond acceptors (Lipinski definition) is 2. The summed E-state index contributed by atoms with van der Waals surface area (Å²) in [4.78, 5) is 15.1. The van der Waals surface area contributed by atoms with Gasteiger partial charge < -0.3 is 10.2 Å². The van der Waals surface area contributed by atoms with Crippen LogP contribution in [0.25, 0.3) is 0 Å². The van der Waals surface area contributed by atoms with Crippen LogP contribution in [-0.4, -0.2) is 36.5 Å². The lowest BCUT2D eigenvalue weighted by Crippen LogP contribution is -2.43. The van der Waals surface area contributed by atoms with Crippen molar-refractivity contribution in [1.29, 1.82) is 0 Å². The highest BCUT2D eigenvalue weighted by molar-refractivity contribution is 5.77. The molecule has 0 spiro atoms. The number of hydrogen-bond donors (Lipinski definition) is 1. The highest BCUT2D eigenvalue weighted by atomic mass is 16.2. The molecule has 1 amide bonds. The summed E-state index contributed by atoms with van der Waals surface area (Å²) in [6, 6.07) is 11.1. The molecular formula is C20H30N2O. The Balaban J connectivity index is 1.61. The lowest BCUT2D eigenvalue weighted by molar-refractivity contribution is -0.135. The Morgan fingerprint density at radius 1 is 1.09 bits per heavy atom. The van der Waals surface area contributed by atoms with Gasteiger partial charge in [0.15, 0.2) is 0 Å². The molecule has 0 bridgehead atoms. The number of amides is 1. The molecule has 3 rings (SSSR count). The van der Waals surface area contributed by atoms with E-state index in [0.717, 1.165) is 38.9 Å². The maximum Gasteiger partial charge on any atom is 0.223 e. The largest absolute Gasteiger partial charge is 0.339 e. The number of nitrogens with one attached hydrogen (secondary N) is 1. The highest BCUT2D eigenvalue weighted by Crippen LogP contribution is 2.25. The lowest BCUT2D eigenvalue weighted by atomic mass is 9.93. The molecule has 2 aliphatic rings. The van der Waals surface area contributed by atoms with Gasteiger partial charge in [-0.1, -0.05) is 49.6 Å². The van der Waals surface area contributed by atoms with Gasteiger partial charge in [0.05, 0.1) is 0 Å². The Labute approximate surface area is 140 Å². The van der Waals surface area contributed by atoms with Crippen molar-refractivity contribution in [3.05, 3.63) is 35.9 Å². The summed E-state index contributed by atoms with van der Waals surface area (Å²) >= 11 is 0. The van der Waals surface area contributed by atoms with Gasteiger partial charge in [0.1, 0.15) is 0 Å². The van der Waals surface area contributed by atoms with Gasteiger partial charge in [-0.05, 0) is 50.3 Å². The maximum atomic E-state index is 12.9. The van der Waals surface area contributed by atoms with Crippen LogP contribution in [0.15, 0.2) is 30.3 Å². The summed E-state index contributed by atoms with van der Waals surface area (Å²) in [6.07, 6.45) is 9.17. The third-order valence-corrected chi connectivity index (χ3v) is 5.45. The van der Waals surface area contributed by atoms with Crippen LogP contribution in [0.3, 0.4) is 0 Å². The lowest BCUT2D eigenvalue weighted by Gasteiger charge is -2.35. The van der Waals surface area contributed by atoms with E-state index in [1.54, 1.807) is 0 Å². The van der Waals surface area contributed by atoms with Crippen molar-refractivity contribution in [2.75, 3.05) is 19.6 Å². The second-order valence-electron chi connectivity index (χ2n) is 7.18. The van der Waals surface area contributed by atoms with Crippen molar-refractivity contribution in [3.8, 4) is 0 Å². The molecule has 1 heterocycles. The summed E-state index contributed by atoms with van der Waals surface area (Å²) in [5.41, 5.74) is 1.34. The Morgan fingerprint density at radius 2 is 1.87 bits per heavy atom. The van der Waals surface area contributed by atoms with E-state index in [9.17, 15) is 4.79 Å². The van der Waals surface area contributed by atoms with Gasteiger partial charge in [-0.3, -0.25) is 4.79 Å². The third-order valence-electron chi connectivity index (χ3n) is 5.45. The molecule has 1 aromatic rings. The molecule has 126 valence electrons. The summed E-state index contributed by atoms with van der Waals surface area (Å²) in [6.45, 7) is 2.97. The number of nitrogens with zero attached hydrogens (tertiary/aromatic N) is 1. The molecule has 1 saturated heterocycles. The van der Waals surface area contributed by atoms with E-state index >= 15 is 0 Å². The molecule has 1 aliphatic heterocycles. The van der Waals surface area contributed by atoms with E-state index in [1.807, 2.05) is 0 Å². The first-order valence-corrected chi connectivity index (χ1v) is 9.37. The van der Waals surface area contributed by atoms with Gasteiger partial charge in [-0.15, -0.1) is 0 Å². The second-order valence-corrected chi connectivity index (χ2v) is 7.18. The van der Waals surface area contributed by atoms with Crippen molar-refractivity contribution in [2.45, 2.75) is 57.4 Å². The summed E-state index contributed by atoms with van der Waals surface area (Å²) in [5.74, 6) is 0.937.